The summed E-state index contributed by atoms with van der Waals surface area (Å²) in [5.74, 6) is -2.26. The van der Waals surface area contributed by atoms with Crippen LogP contribution >= 0.6 is 0 Å². The summed E-state index contributed by atoms with van der Waals surface area (Å²) in [7, 11) is 1.47. The van der Waals surface area contributed by atoms with E-state index in [9.17, 15) is 19.5 Å². The molecule has 1 aromatic carbocycles. The van der Waals surface area contributed by atoms with Gasteiger partial charge in [-0.25, -0.2) is 9.59 Å². The number of carboxylic acid groups (broad SMARTS) is 2. The third-order valence-electron chi connectivity index (χ3n) is 5.67. The van der Waals surface area contributed by atoms with Gasteiger partial charge >= 0.3 is 17.9 Å². The summed E-state index contributed by atoms with van der Waals surface area (Å²) in [5.41, 5.74) is 2.74. The summed E-state index contributed by atoms with van der Waals surface area (Å²) in [6.45, 7) is 1.83. The monoisotopic (exact) mass is 388 g/mol. The lowest BCUT2D eigenvalue weighted by atomic mass is 9.81. The maximum atomic E-state index is 12.2. The molecule has 1 unspecified atom stereocenters. The Morgan fingerprint density at radius 3 is 2.68 bits per heavy atom. The van der Waals surface area contributed by atoms with Crippen LogP contribution < -0.4 is 4.74 Å². The first kappa shape index (κ1) is 19.9. The SMILES string of the molecule is COc1c(C)c2c(c(C(=O)O)c1CC=C1CCCCC1CC(=O)O)C(=O)OC2. The highest BCUT2D eigenvalue weighted by Crippen LogP contribution is 2.39. The third-order valence-corrected chi connectivity index (χ3v) is 5.67. The second-order valence-electron chi connectivity index (χ2n) is 7.27. The molecule has 1 heterocycles. The van der Waals surface area contributed by atoms with E-state index in [-0.39, 0.29) is 36.5 Å². The van der Waals surface area contributed by atoms with Gasteiger partial charge in [-0.15, -0.1) is 0 Å². The molecule has 1 atom stereocenters. The average Bonchev–Trinajstić information content (AvgIpc) is 3.02. The lowest BCUT2D eigenvalue weighted by Crippen LogP contribution is -2.16. The van der Waals surface area contributed by atoms with Crippen molar-refractivity contribution >= 4 is 17.9 Å². The molecule has 0 saturated heterocycles. The van der Waals surface area contributed by atoms with Crippen LogP contribution in [0.1, 0.15) is 69.5 Å². The Morgan fingerprint density at radius 1 is 1.29 bits per heavy atom. The van der Waals surface area contributed by atoms with Gasteiger partial charge in [0.05, 0.1) is 24.7 Å². The zero-order chi connectivity index (χ0) is 20.4. The Kier molecular flexibility index (Phi) is 5.72. The molecule has 1 saturated carbocycles. The van der Waals surface area contributed by atoms with Crippen molar-refractivity contribution in [3.63, 3.8) is 0 Å². The molecular formula is C21H24O7. The molecule has 2 aliphatic rings. The van der Waals surface area contributed by atoms with Gasteiger partial charge in [-0.3, -0.25) is 4.79 Å². The highest BCUT2D eigenvalue weighted by molar-refractivity contribution is 6.07. The van der Waals surface area contributed by atoms with E-state index in [2.05, 4.69) is 0 Å². The summed E-state index contributed by atoms with van der Waals surface area (Å²) in [4.78, 5) is 35.3. The smallest absolute Gasteiger partial charge is 0.339 e. The van der Waals surface area contributed by atoms with E-state index < -0.39 is 17.9 Å². The number of hydrogen-bond acceptors (Lipinski definition) is 5. The predicted molar refractivity (Wildman–Crippen MR) is 99.8 cm³/mol. The zero-order valence-electron chi connectivity index (χ0n) is 16.0. The van der Waals surface area contributed by atoms with Crippen molar-refractivity contribution in [1.29, 1.82) is 0 Å². The highest BCUT2D eigenvalue weighted by Gasteiger charge is 2.34. The number of carbonyl (C=O) groups excluding carboxylic acids is 1. The minimum atomic E-state index is -1.20. The standard InChI is InChI=1S/C21H24O7/c1-11-15-10-28-21(26)18(15)17(20(24)25)14(19(11)27-2)8-7-12-5-3-4-6-13(12)9-16(22)23/h7,13H,3-6,8-10H2,1-2H3,(H,22,23)(H,24,25). The average molecular weight is 388 g/mol. The first-order valence-corrected chi connectivity index (χ1v) is 9.38. The van der Waals surface area contributed by atoms with Gasteiger partial charge in [0.1, 0.15) is 12.4 Å². The first-order valence-electron chi connectivity index (χ1n) is 9.38. The van der Waals surface area contributed by atoms with Crippen molar-refractivity contribution in [3.8, 4) is 5.75 Å². The normalized spacial score (nSPS) is 20.0. The zero-order valence-corrected chi connectivity index (χ0v) is 16.0. The third kappa shape index (κ3) is 3.61. The van der Waals surface area contributed by atoms with E-state index in [1.807, 2.05) is 6.08 Å². The van der Waals surface area contributed by atoms with Gasteiger partial charge in [0, 0.05) is 11.1 Å². The fourth-order valence-electron chi connectivity index (χ4n) is 4.34. The number of rotatable bonds is 6. The van der Waals surface area contributed by atoms with Crippen LogP contribution in [0.15, 0.2) is 11.6 Å². The topological polar surface area (TPSA) is 110 Å². The molecule has 1 aromatic rings. The Balaban J connectivity index is 2.07. The number of carboxylic acids is 2. The van der Waals surface area contributed by atoms with Crippen molar-refractivity contribution in [2.45, 2.75) is 52.1 Å². The maximum Gasteiger partial charge on any atom is 0.339 e. The summed E-state index contributed by atoms with van der Waals surface area (Å²) in [5, 5.41) is 19.0. The molecule has 0 radical (unpaired) electrons. The number of aliphatic carboxylic acids is 1. The van der Waals surface area contributed by atoms with Gasteiger partial charge in [0.2, 0.25) is 0 Å². The van der Waals surface area contributed by atoms with Crippen LogP contribution in [0.4, 0.5) is 0 Å². The number of benzene rings is 1. The molecule has 0 bridgehead atoms. The minimum Gasteiger partial charge on any atom is -0.496 e. The largest absolute Gasteiger partial charge is 0.496 e. The van der Waals surface area contributed by atoms with Crippen LogP contribution in [0.25, 0.3) is 0 Å². The van der Waals surface area contributed by atoms with Gasteiger partial charge in [-0.05, 0) is 44.1 Å². The van der Waals surface area contributed by atoms with Gasteiger partial charge < -0.3 is 19.7 Å². The number of cyclic esters (lactones) is 1. The van der Waals surface area contributed by atoms with E-state index in [1.54, 1.807) is 6.92 Å². The van der Waals surface area contributed by atoms with Crippen molar-refractivity contribution in [1.82, 2.24) is 0 Å². The first-order chi connectivity index (χ1) is 13.3. The van der Waals surface area contributed by atoms with E-state index in [1.165, 1.54) is 7.11 Å². The second kappa shape index (κ2) is 8.04. The van der Waals surface area contributed by atoms with Crippen molar-refractivity contribution in [2.75, 3.05) is 7.11 Å². The molecule has 3 rings (SSSR count). The highest BCUT2D eigenvalue weighted by atomic mass is 16.5. The summed E-state index contributed by atoms with van der Waals surface area (Å²) in [6.07, 6.45) is 5.85. The fraction of sp³-hybridized carbons (Fsp3) is 0.476. The number of aromatic carboxylic acids is 1. The Bertz CT molecular complexity index is 866. The Morgan fingerprint density at radius 2 is 2.04 bits per heavy atom. The van der Waals surface area contributed by atoms with Crippen LogP contribution in [0.5, 0.6) is 5.75 Å². The number of allylic oxidation sites excluding steroid dienone is 2. The Labute approximate surface area is 163 Å². The van der Waals surface area contributed by atoms with E-state index >= 15 is 0 Å². The van der Waals surface area contributed by atoms with Crippen molar-refractivity contribution in [3.05, 3.63) is 39.5 Å². The van der Waals surface area contributed by atoms with Crippen molar-refractivity contribution < 1.29 is 34.1 Å². The van der Waals surface area contributed by atoms with Gasteiger partial charge in [0.15, 0.2) is 0 Å². The molecule has 1 fully saturated rings. The second-order valence-corrected chi connectivity index (χ2v) is 7.27. The number of carbonyl (C=O) groups is 3. The predicted octanol–water partition coefficient (Wildman–Crippen LogP) is 3.51. The number of ether oxygens (including phenoxy) is 2. The van der Waals surface area contributed by atoms with E-state index in [0.717, 1.165) is 31.3 Å². The molecule has 7 nitrogen and oxygen atoms in total. The lowest BCUT2D eigenvalue weighted by Gasteiger charge is -2.24. The van der Waals surface area contributed by atoms with Crippen LogP contribution in [0.2, 0.25) is 0 Å². The molecule has 1 aliphatic heterocycles. The molecule has 0 spiro atoms. The molecule has 7 heteroatoms. The van der Waals surface area contributed by atoms with Gasteiger partial charge in [-0.2, -0.15) is 0 Å². The summed E-state index contributed by atoms with van der Waals surface area (Å²) >= 11 is 0. The van der Waals surface area contributed by atoms with Gasteiger partial charge in [0.25, 0.3) is 0 Å². The number of esters is 1. The number of methoxy groups -OCH3 is 1. The van der Waals surface area contributed by atoms with Crippen LogP contribution in [0.3, 0.4) is 0 Å². The summed E-state index contributed by atoms with van der Waals surface area (Å²) in [6, 6.07) is 0. The van der Waals surface area contributed by atoms with Crippen molar-refractivity contribution in [2.24, 2.45) is 5.92 Å². The van der Waals surface area contributed by atoms with E-state index in [0.29, 0.717) is 22.4 Å². The minimum absolute atomic E-state index is 0.0361. The molecule has 2 N–H and O–H groups in total. The van der Waals surface area contributed by atoms with Crippen LogP contribution in [-0.4, -0.2) is 35.2 Å². The van der Waals surface area contributed by atoms with E-state index in [4.69, 9.17) is 14.6 Å². The molecule has 1 aliphatic carbocycles. The Hall–Kier alpha value is -2.83. The molecule has 150 valence electrons. The maximum absolute atomic E-state index is 12.2. The molecular weight excluding hydrogens is 364 g/mol. The van der Waals surface area contributed by atoms with Gasteiger partial charge in [-0.1, -0.05) is 18.1 Å². The lowest BCUT2D eigenvalue weighted by molar-refractivity contribution is -0.137. The number of hydrogen-bond donors (Lipinski definition) is 2. The van der Waals surface area contributed by atoms with Crippen LogP contribution in [-0.2, 0) is 22.6 Å². The summed E-state index contributed by atoms with van der Waals surface area (Å²) < 4.78 is 10.6. The molecule has 0 amide bonds. The molecule has 0 aromatic heterocycles. The number of fused-ring (bicyclic) bond motifs is 1. The fourth-order valence-corrected chi connectivity index (χ4v) is 4.34. The molecule has 28 heavy (non-hydrogen) atoms. The van der Waals surface area contributed by atoms with Crippen LogP contribution in [0, 0.1) is 12.8 Å². The quantitative estimate of drug-likeness (QED) is 0.567.